The number of nitrogens with one attached hydrogen (secondary N) is 3. The maximum absolute atomic E-state index is 4.03. The van der Waals surface area contributed by atoms with Crippen molar-refractivity contribution in [3.63, 3.8) is 0 Å². The van der Waals surface area contributed by atoms with Crippen molar-refractivity contribution in [2.75, 3.05) is 13.1 Å². The number of piperidine rings is 1. The summed E-state index contributed by atoms with van der Waals surface area (Å²) in [5.74, 6) is 7.78. The lowest BCUT2D eigenvalue weighted by Crippen LogP contribution is -2.67. The van der Waals surface area contributed by atoms with Crippen LogP contribution < -0.4 is 16.2 Å². The van der Waals surface area contributed by atoms with E-state index in [9.17, 15) is 0 Å². The number of hydrogen-bond acceptors (Lipinski definition) is 6. The molecule has 9 atom stereocenters. The van der Waals surface area contributed by atoms with E-state index < -0.39 is 0 Å². The van der Waals surface area contributed by atoms with Crippen LogP contribution in [0, 0.1) is 47.3 Å². The Hall–Kier alpha value is -0.240. The van der Waals surface area contributed by atoms with Gasteiger partial charge < -0.3 is 5.32 Å². The summed E-state index contributed by atoms with van der Waals surface area (Å²) in [7, 11) is 0. The van der Waals surface area contributed by atoms with Gasteiger partial charge in [0.1, 0.15) is 0 Å². The molecule has 9 saturated carbocycles. The number of hydrogen-bond donors (Lipinski definition) is 3. The Kier molecular flexibility index (Phi) is 16.0. The van der Waals surface area contributed by atoms with Crippen molar-refractivity contribution in [1.82, 2.24) is 30.9 Å². The quantitative estimate of drug-likeness (QED) is 0.203. The van der Waals surface area contributed by atoms with Crippen LogP contribution in [0.2, 0.25) is 0 Å². The molecule has 0 aromatic carbocycles. The average molecular weight is 924 g/mol. The van der Waals surface area contributed by atoms with E-state index in [-0.39, 0.29) is 0 Å². The molecule has 6 heteroatoms. The van der Waals surface area contributed by atoms with Crippen LogP contribution in [-0.2, 0) is 0 Å². The maximum atomic E-state index is 4.03. The molecule has 3 N–H and O–H groups in total. The Morgan fingerprint density at radius 3 is 1.16 bits per heavy atom. The molecule has 0 amide bonds. The highest BCUT2D eigenvalue weighted by Gasteiger charge is 2.56. The van der Waals surface area contributed by atoms with Crippen molar-refractivity contribution in [3.05, 3.63) is 0 Å². The Bertz CT molecular complexity index is 1370. The fraction of sp³-hybridized carbons (Fsp3) is 1.00. The number of hydrazine groups is 1. The van der Waals surface area contributed by atoms with Crippen molar-refractivity contribution in [1.29, 1.82) is 0 Å². The van der Waals surface area contributed by atoms with Gasteiger partial charge in [0.15, 0.2) is 0 Å². The highest BCUT2D eigenvalue weighted by molar-refractivity contribution is 5.09. The second-order valence-electron chi connectivity index (χ2n) is 27.3. The van der Waals surface area contributed by atoms with Gasteiger partial charge in [-0.2, -0.15) is 0 Å². The highest BCUT2D eigenvalue weighted by atomic mass is 15.4. The molecule has 9 unspecified atom stereocenters. The van der Waals surface area contributed by atoms with Gasteiger partial charge in [-0.15, -0.1) is 0 Å². The van der Waals surface area contributed by atoms with Gasteiger partial charge in [0.05, 0.1) is 0 Å². The normalized spacial score (nSPS) is 45.1. The van der Waals surface area contributed by atoms with E-state index >= 15 is 0 Å². The topological polar surface area (TPSA) is 45.8 Å². The molecule has 12 fully saturated rings. The van der Waals surface area contributed by atoms with Crippen molar-refractivity contribution >= 4 is 0 Å². The molecular formula is C61H106N6. The predicted octanol–water partition coefficient (Wildman–Crippen LogP) is 13.3. The number of rotatable bonds is 10. The van der Waals surface area contributed by atoms with E-state index in [1.165, 1.54) is 199 Å². The summed E-state index contributed by atoms with van der Waals surface area (Å²) in [6.07, 6.45) is 60.6. The molecule has 380 valence electrons. The van der Waals surface area contributed by atoms with Crippen LogP contribution in [0.25, 0.3) is 0 Å². The first-order valence-corrected chi connectivity index (χ1v) is 31.8. The third-order valence-electron chi connectivity index (χ3n) is 24.1. The standard InChI is InChI=1S/C61H106N6/c1-5-15-49(16-6-1)65(50-17-7-2-8-18-50)53-31-23-43(24-32-53)46-29-37-58-56(40-46)57-41-47(44-25-33-54(34-26-44)66(51-19-9-3-10-20-51)52-21-11-4-12-22-52)30-38-59(57)67(58)55-35-27-45(28-36-55)61-60-48(42-63-64-61)14-13-39-62-60/h43-64H,1-42H2. The summed E-state index contributed by atoms with van der Waals surface area (Å²) >= 11 is 0. The molecule has 12 aliphatic rings. The van der Waals surface area contributed by atoms with Gasteiger partial charge in [-0.3, -0.25) is 25.6 Å². The molecule has 0 bridgehead atoms. The largest absolute Gasteiger partial charge is 0.312 e. The summed E-state index contributed by atoms with van der Waals surface area (Å²) in [4.78, 5) is 9.89. The first-order valence-electron chi connectivity index (χ1n) is 31.8. The lowest BCUT2D eigenvalue weighted by Gasteiger charge is -2.50. The Balaban J connectivity index is 0.722. The molecule has 6 nitrogen and oxygen atoms in total. The van der Waals surface area contributed by atoms with Gasteiger partial charge >= 0.3 is 0 Å². The summed E-state index contributed by atoms with van der Waals surface area (Å²) in [5.41, 5.74) is 7.59. The van der Waals surface area contributed by atoms with Gasteiger partial charge in [-0.1, -0.05) is 77.0 Å². The fourth-order valence-corrected chi connectivity index (χ4v) is 21.0. The Labute approximate surface area is 412 Å². The average Bonchev–Trinajstić information content (AvgIpc) is 3.73. The fourth-order valence-electron chi connectivity index (χ4n) is 21.0. The molecule has 0 radical (unpaired) electrons. The second kappa shape index (κ2) is 22.5. The van der Waals surface area contributed by atoms with Gasteiger partial charge in [-0.25, -0.2) is 0 Å². The van der Waals surface area contributed by atoms with E-state index in [0.717, 1.165) is 108 Å². The smallest absolute Gasteiger partial charge is 0.0397 e. The zero-order chi connectivity index (χ0) is 44.5. The summed E-state index contributed by atoms with van der Waals surface area (Å²) in [6.45, 7) is 2.39. The van der Waals surface area contributed by atoms with Gasteiger partial charge in [-0.05, 0) is 234 Å². The zero-order valence-corrected chi connectivity index (χ0v) is 43.5. The Morgan fingerprint density at radius 2 is 0.716 bits per heavy atom. The van der Waals surface area contributed by atoms with Crippen LogP contribution >= 0.6 is 0 Å². The number of likely N-dealkylation sites (tertiary alicyclic amines) is 1. The lowest BCUT2D eigenvalue weighted by molar-refractivity contribution is 0.00167. The highest BCUT2D eigenvalue weighted by Crippen LogP contribution is 2.57. The van der Waals surface area contributed by atoms with E-state index in [2.05, 4.69) is 30.9 Å². The van der Waals surface area contributed by atoms with E-state index in [4.69, 9.17) is 0 Å². The van der Waals surface area contributed by atoms with Gasteiger partial charge in [0.25, 0.3) is 0 Å². The van der Waals surface area contributed by atoms with Gasteiger partial charge in [0, 0.05) is 73.0 Å². The zero-order valence-electron chi connectivity index (χ0n) is 43.5. The van der Waals surface area contributed by atoms with Gasteiger partial charge in [0.2, 0.25) is 0 Å². The lowest BCUT2D eigenvalue weighted by atomic mass is 9.62. The third kappa shape index (κ3) is 10.3. The van der Waals surface area contributed by atoms with E-state index in [1.54, 1.807) is 64.2 Å². The summed E-state index contributed by atoms with van der Waals surface area (Å²) in [5, 5.41) is 4.03. The molecule has 67 heavy (non-hydrogen) atoms. The number of nitrogens with zero attached hydrogens (tertiary/aromatic N) is 3. The molecule has 3 aliphatic heterocycles. The van der Waals surface area contributed by atoms with Crippen LogP contribution in [-0.4, -0.2) is 94.2 Å². The maximum Gasteiger partial charge on any atom is 0.0397 e. The minimum Gasteiger partial charge on any atom is -0.312 e. The minimum absolute atomic E-state index is 0.630. The first kappa shape index (κ1) is 47.7. The third-order valence-corrected chi connectivity index (χ3v) is 24.1. The molecular weight excluding hydrogens is 817 g/mol. The Morgan fingerprint density at radius 1 is 0.313 bits per heavy atom. The first-order chi connectivity index (χ1) is 33.2. The summed E-state index contributed by atoms with van der Waals surface area (Å²) < 4.78 is 0. The molecule has 3 saturated heterocycles. The van der Waals surface area contributed by atoms with Crippen molar-refractivity contribution in [3.8, 4) is 0 Å². The van der Waals surface area contributed by atoms with E-state index in [1.807, 2.05) is 0 Å². The molecule has 12 rings (SSSR count). The van der Waals surface area contributed by atoms with Crippen molar-refractivity contribution < 1.29 is 0 Å². The van der Waals surface area contributed by atoms with E-state index in [0.29, 0.717) is 12.1 Å². The SMILES string of the molecule is C1CCC(N(C2CCCCC2)C2CCC(C3CCC4C(C3)C3CC(C5CCC(N(C6CCCCC6)C6CCCCC6)CC5)CCC3N4C3CCC(C4NNCC5CCCNC54)CC3)CC2)CC1. The molecule has 3 heterocycles. The van der Waals surface area contributed by atoms with Crippen LogP contribution in [0.1, 0.15) is 257 Å². The van der Waals surface area contributed by atoms with Crippen molar-refractivity contribution in [2.45, 2.75) is 323 Å². The van der Waals surface area contributed by atoms with Crippen molar-refractivity contribution in [2.24, 2.45) is 47.3 Å². The minimum atomic E-state index is 0.630. The molecule has 0 aromatic rings. The number of fused-ring (bicyclic) bond motifs is 4. The molecule has 0 aromatic heterocycles. The molecule has 0 spiro atoms. The summed E-state index contributed by atoms with van der Waals surface area (Å²) in [6, 6.07) is 9.50. The van der Waals surface area contributed by atoms with Crippen LogP contribution in [0.4, 0.5) is 0 Å². The monoisotopic (exact) mass is 923 g/mol. The predicted molar refractivity (Wildman–Crippen MR) is 279 cm³/mol. The second-order valence-corrected chi connectivity index (χ2v) is 27.3. The molecule has 9 aliphatic carbocycles. The van der Waals surface area contributed by atoms with Crippen LogP contribution in [0.15, 0.2) is 0 Å². The van der Waals surface area contributed by atoms with Crippen LogP contribution in [0.3, 0.4) is 0 Å². The van der Waals surface area contributed by atoms with Crippen LogP contribution in [0.5, 0.6) is 0 Å².